The van der Waals surface area contributed by atoms with Gasteiger partial charge in [0, 0.05) is 6.54 Å². The monoisotopic (exact) mass is 245 g/mol. The highest BCUT2D eigenvalue weighted by Gasteiger charge is 1.98. The summed E-state index contributed by atoms with van der Waals surface area (Å²) >= 11 is 0. The molecule has 0 aromatic heterocycles. The Morgan fingerprint density at radius 2 is 1.56 bits per heavy atom. The second kappa shape index (κ2) is 5.82. The summed E-state index contributed by atoms with van der Waals surface area (Å²) in [5, 5.41) is 2.58. The maximum atomic E-state index is 12.7. The third-order valence-electron chi connectivity index (χ3n) is 2.36. The zero-order valence-corrected chi connectivity index (χ0v) is 9.60. The van der Waals surface area contributed by atoms with Gasteiger partial charge in [0.1, 0.15) is 17.3 Å². The van der Waals surface area contributed by atoms with Gasteiger partial charge in [0.15, 0.2) is 0 Å². The number of rotatable bonds is 5. The summed E-state index contributed by atoms with van der Waals surface area (Å²) in [6, 6.07) is 13.1. The number of nitrogens with one attached hydrogen (secondary N) is 1. The van der Waals surface area contributed by atoms with Crippen molar-refractivity contribution >= 4 is 6.41 Å². The van der Waals surface area contributed by atoms with Crippen LogP contribution in [0.5, 0.6) is 11.5 Å². The Hall–Kier alpha value is -2.36. The number of hydrogen-bond donors (Lipinski definition) is 1. The first-order valence-corrected chi connectivity index (χ1v) is 5.47. The van der Waals surface area contributed by atoms with Gasteiger partial charge in [-0.2, -0.15) is 0 Å². The van der Waals surface area contributed by atoms with Crippen molar-refractivity contribution in [2.45, 2.75) is 6.54 Å². The Morgan fingerprint density at radius 1 is 1.00 bits per heavy atom. The summed E-state index contributed by atoms with van der Waals surface area (Å²) in [5.74, 6) is 0.948. The fraction of sp³-hybridized carbons (Fsp3) is 0.0714. The highest BCUT2D eigenvalue weighted by atomic mass is 19.1. The van der Waals surface area contributed by atoms with Gasteiger partial charge in [-0.05, 0) is 42.0 Å². The molecule has 2 aromatic rings. The van der Waals surface area contributed by atoms with E-state index in [9.17, 15) is 9.18 Å². The van der Waals surface area contributed by atoms with Gasteiger partial charge in [-0.1, -0.05) is 12.1 Å². The summed E-state index contributed by atoms with van der Waals surface area (Å²) in [5.41, 5.74) is 0.980. The molecule has 0 fully saturated rings. The number of carbonyl (C=O) groups excluding carboxylic acids is 1. The SMILES string of the molecule is O=CNCc1ccc(Oc2ccc(F)cc2)cc1. The van der Waals surface area contributed by atoms with E-state index in [-0.39, 0.29) is 5.82 Å². The van der Waals surface area contributed by atoms with Crippen LogP contribution in [0.25, 0.3) is 0 Å². The first-order chi connectivity index (χ1) is 8.78. The van der Waals surface area contributed by atoms with E-state index in [1.165, 1.54) is 12.1 Å². The average Bonchev–Trinajstić information content (AvgIpc) is 2.41. The molecule has 0 saturated carbocycles. The Kier molecular flexibility index (Phi) is 3.91. The largest absolute Gasteiger partial charge is 0.457 e. The minimum atomic E-state index is -0.294. The van der Waals surface area contributed by atoms with Gasteiger partial charge in [0.2, 0.25) is 6.41 Å². The maximum Gasteiger partial charge on any atom is 0.207 e. The lowest BCUT2D eigenvalue weighted by atomic mass is 10.2. The van der Waals surface area contributed by atoms with Crippen LogP contribution in [0.15, 0.2) is 48.5 Å². The van der Waals surface area contributed by atoms with E-state index in [0.29, 0.717) is 24.5 Å². The average molecular weight is 245 g/mol. The van der Waals surface area contributed by atoms with Crippen molar-refractivity contribution in [3.8, 4) is 11.5 Å². The molecule has 2 aromatic carbocycles. The molecular weight excluding hydrogens is 233 g/mol. The van der Waals surface area contributed by atoms with E-state index in [1.54, 1.807) is 24.3 Å². The highest BCUT2D eigenvalue weighted by Crippen LogP contribution is 2.21. The molecule has 1 amide bonds. The van der Waals surface area contributed by atoms with Crippen LogP contribution in [0.4, 0.5) is 4.39 Å². The second-order valence-electron chi connectivity index (χ2n) is 3.70. The lowest BCUT2D eigenvalue weighted by molar-refractivity contribution is -0.109. The van der Waals surface area contributed by atoms with Gasteiger partial charge < -0.3 is 10.1 Å². The lowest BCUT2D eigenvalue weighted by Gasteiger charge is -2.06. The van der Waals surface area contributed by atoms with Crippen LogP contribution < -0.4 is 10.1 Å². The fourth-order valence-corrected chi connectivity index (χ4v) is 1.47. The van der Waals surface area contributed by atoms with Crippen molar-refractivity contribution in [3.63, 3.8) is 0 Å². The van der Waals surface area contributed by atoms with E-state index in [0.717, 1.165) is 5.56 Å². The minimum absolute atomic E-state index is 0.294. The van der Waals surface area contributed by atoms with E-state index < -0.39 is 0 Å². The predicted octanol–water partition coefficient (Wildman–Crippen LogP) is 2.86. The zero-order valence-electron chi connectivity index (χ0n) is 9.60. The van der Waals surface area contributed by atoms with Crippen LogP contribution >= 0.6 is 0 Å². The summed E-state index contributed by atoms with van der Waals surface area (Å²) in [7, 11) is 0. The number of hydrogen-bond acceptors (Lipinski definition) is 2. The molecule has 0 spiro atoms. The van der Waals surface area contributed by atoms with Crippen LogP contribution in [0.2, 0.25) is 0 Å². The van der Waals surface area contributed by atoms with Crippen molar-refractivity contribution in [3.05, 3.63) is 59.9 Å². The molecule has 4 heteroatoms. The van der Waals surface area contributed by atoms with Crippen molar-refractivity contribution < 1.29 is 13.9 Å². The zero-order chi connectivity index (χ0) is 12.8. The van der Waals surface area contributed by atoms with E-state index >= 15 is 0 Å². The summed E-state index contributed by atoms with van der Waals surface area (Å²) < 4.78 is 18.2. The van der Waals surface area contributed by atoms with Crippen LogP contribution in [-0.2, 0) is 11.3 Å². The molecule has 1 N–H and O–H groups in total. The molecule has 3 nitrogen and oxygen atoms in total. The minimum Gasteiger partial charge on any atom is -0.457 e. The molecule has 0 saturated heterocycles. The quantitative estimate of drug-likeness (QED) is 0.822. The van der Waals surface area contributed by atoms with E-state index in [2.05, 4.69) is 5.32 Å². The fourth-order valence-electron chi connectivity index (χ4n) is 1.47. The van der Waals surface area contributed by atoms with Gasteiger partial charge in [0.05, 0.1) is 0 Å². The highest BCUT2D eigenvalue weighted by molar-refractivity contribution is 5.46. The molecule has 0 heterocycles. The van der Waals surface area contributed by atoms with Gasteiger partial charge >= 0.3 is 0 Å². The maximum absolute atomic E-state index is 12.7. The molecule has 18 heavy (non-hydrogen) atoms. The molecule has 92 valence electrons. The Morgan fingerprint density at radius 3 is 2.11 bits per heavy atom. The summed E-state index contributed by atoms with van der Waals surface area (Å²) in [4.78, 5) is 10.1. The van der Waals surface area contributed by atoms with E-state index in [1.807, 2.05) is 12.1 Å². The number of ether oxygens (including phenoxy) is 1. The molecule has 0 aliphatic rings. The molecular formula is C14H12FNO2. The molecule has 0 aliphatic carbocycles. The number of carbonyl (C=O) groups is 1. The second-order valence-corrected chi connectivity index (χ2v) is 3.70. The van der Waals surface area contributed by atoms with Crippen LogP contribution in [0, 0.1) is 5.82 Å². The first-order valence-electron chi connectivity index (χ1n) is 5.47. The van der Waals surface area contributed by atoms with Crippen molar-refractivity contribution in [1.82, 2.24) is 5.32 Å². The third kappa shape index (κ3) is 3.31. The first kappa shape index (κ1) is 12.1. The number of benzene rings is 2. The molecule has 2 rings (SSSR count). The Balaban J connectivity index is 2.01. The van der Waals surface area contributed by atoms with Crippen molar-refractivity contribution in [1.29, 1.82) is 0 Å². The van der Waals surface area contributed by atoms with Gasteiger partial charge in [-0.15, -0.1) is 0 Å². The van der Waals surface area contributed by atoms with Crippen molar-refractivity contribution in [2.24, 2.45) is 0 Å². The van der Waals surface area contributed by atoms with Gasteiger partial charge in [0.25, 0.3) is 0 Å². The van der Waals surface area contributed by atoms with Crippen LogP contribution in [0.3, 0.4) is 0 Å². The molecule has 0 radical (unpaired) electrons. The van der Waals surface area contributed by atoms with Crippen LogP contribution in [0.1, 0.15) is 5.56 Å². The Bertz CT molecular complexity index is 508. The third-order valence-corrected chi connectivity index (χ3v) is 2.36. The van der Waals surface area contributed by atoms with E-state index in [4.69, 9.17) is 4.74 Å². The number of amides is 1. The van der Waals surface area contributed by atoms with Gasteiger partial charge in [-0.25, -0.2) is 4.39 Å². The normalized spacial score (nSPS) is 9.83. The summed E-state index contributed by atoms with van der Waals surface area (Å²) in [6.45, 7) is 0.486. The number of halogens is 1. The van der Waals surface area contributed by atoms with Gasteiger partial charge in [-0.3, -0.25) is 4.79 Å². The molecule has 0 aliphatic heterocycles. The topological polar surface area (TPSA) is 38.3 Å². The molecule has 0 bridgehead atoms. The van der Waals surface area contributed by atoms with Crippen LogP contribution in [-0.4, -0.2) is 6.41 Å². The Labute approximate surface area is 104 Å². The smallest absolute Gasteiger partial charge is 0.207 e. The summed E-state index contributed by atoms with van der Waals surface area (Å²) in [6.07, 6.45) is 0.656. The molecule has 0 atom stereocenters. The van der Waals surface area contributed by atoms with Crippen molar-refractivity contribution in [2.75, 3.05) is 0 Å². The standard InChI is InChI=1S/C14H12FNO2/c15-12-3-7-14(8-4-12)18-13-5-1-11(2-6-13)9-16-10-17/h1-8,10H,9H2,(H,16,17). The predicted molar refractivity (Wildman–Crippen MR) is 65.8 cm³/mol. The molecule has 0 unspecified atom stereocenters. The lowest BCUT2D eigenvalue weighted by Crippen LogP contribution is -2.09.